The summed E-state index contributed by atoms with van der Waals surface area (Å²) in [6.07, 6.45) is 0. The van der Waals surface area contributed by atoms with Gasteiger partial charge in [0.1, 0.15) is 5.82 Å². The molecular formula is C10H20N5+. The summed E-state index contributed by atoms with van der Waals surface area (Å²) < 4.78 is 0.758. The van der Waals surface area contributed by atoms with E-state index in [1.165, 1.54) is 0 Å². The van der Waals surface area contributed by atoms with Crippen LogP contribution in [0.25, 0.3) is 0 Å². The fourth-order valence-corrected chi connectivity index (χ4v) is 1.80. The fraction of sp³-hybridized carbons (Fsp3) is 0.700. The topological polar surface area (TPSA) is 64.7 Å². The van der Waals surface area contributed by atoms with E-state index in [2.05, 4.69) is 35.7 Å². The number of nitrogens with zero attached hydrogens (tertiary/aromatic N) is 4. The number of hydrogen-bond acceptors (Lipinski definition) is 4. The molecule has 0 aliphatic carbocycles. The molecule has 0 saturated carbocycles. The van der Waals surface area contributed by atoms with Gasteiger partial charge in [0.25, 0.3) is 0 Å². The molecular weight excluding hydrogens is 190 g/mol. The maximum Gasteiger partial charge on any atom is 0.333 e. The van der Waals surface area contributed by atoms with Gasteiger partial charge < -0.3 is 5.73 Å². The molecule has 1 aromatic rings. The van der Waals surface area contributed by atoms with Gasteiger partial charge in [0.05, 0.1) is 19.6 Å². The highest BCUT2D eigenvalue weighted by Crippen LogP contribution is 2.18. The summed E-state index contributed by atoms with van der Waals surface area (Å²) in [5.41, 5.74) is 5.65. The summed E-state index contributed by atoms with van der Waals surface area (Å²) in [6, 6.07) is 0. The molecule has 5 heteroatoms. The maximum atomic E-state index is 5.65. The predicted molar refractivity (Wildman–Crippen MR) is 62.4 cm³/mol. The SMILES string of the molecule is CC[N+](CC)(CC)c1nc(C)nc(N)n1. The first kappa shape index (κ1) is 11.8. The second-order valence-corrected chi connectivity index (χ2v) is 3.63. The molecule has 0 saturated heterocycles. The zero-order chi connectivity index (χ0) is 11.5. The van der Waals surface area contributed by atoms with Gasteiger partial charge in [-0.05, 0) is 27.7 Å². The molecule has 2 N–H and O–H groups in total. The third-order valence-corrected chi connectivity index (χ3v) is 2.99. The lowest BCUT2D eigenvalue weighted by atomic mass is 10.3. The molecule has 1 aromatic heterocycles. The van der Waals surface area contributed by atoms with Crippen LogP contribution < -0.4 is 10.2 Å². The van der Waals surface area contributed by atoms with Crippen molar-refractivity contribution in [3.8, 4) is 0 Å². The first-order chi connectivity index (χ1) is 7.07. The minimum Gasteiger partial charge on any atom is -0.368 e. The molecule has 15 heavy (non-hydrogen) atoms. The lowest BCUT2D eigenvalue weighted by molar-refractivity contribution is 0.298. The largest absolute Gasteiger partial charge is 0.368 e. The van der Waals surface area contributed by atoms with E-state index in [9.17, 15) is 0 Å². The number of anilines is 1. The van der Waals surface area contributed by atoms with Gasteiger partial charge in [-0.1, -0.05) is 0 Å². The summed E-state index contributed by atoms with van der Waals surface area (Å²) in [6.45, 7) is 11.2. The predicted octanol–water partition coefficient (Wildman–Crippen LogP) is 1.13. The lowest BCUT2D eigenvalue weighted by Gasteiger charge is -2.32. The number of rotatable bonds is 4. The standard InChI is InChI=1S/C10H20N5/c1-5-15(6-2,7-3)10-13-8(4)12-9(11)14-10/h5-7H2,1-4H3,(H2,11,12,13,14)/q+1. The first-order valence-corrected chi connectivity index (χ1v) is 5.42. The van der Waals surface area contributed by atoms with E-state index in [-0.39, 0.29) is 0 Å². The van der Waals surface area contributed by atoms with Gasteiger partial charge in [0.15, 0.2) is 0 Å². The average Bonchev–Trinajstić information content (AvgIpc) is 2.20. The van der Waals surface area contributed by atoms with E-state index in [1.54, 1.807) is 0 Å². The lowest BCUT2D eigenvalue weighted by Crippen LogP contribution is -2.50. The molecule has 0 bridgehead atoms. The molecule has 5 nitrogen and oxygen atoms in total. The average molecular weight is 210 g/mol. The van der Waals surface area contributed by atoms with Gasteiger partial charge in [-0.3, -0.25) is 4.48 Å². The minimum atomic E-state index is 0.315. The quantitative estimate of drug-likeness (QED) is 0.757. The van der Waals surface area contributed by atoms with E-state index < -0.39 is 0 Å². The van der Waals surface area contributed by atoms with Gasteiger partial charge in [0, 0.05) is 0 Å². The van der Waals surface area contributed by atoms with Crippen LogP contribution in [0.15, 0.2) is 0 Å². The van der Waals surface area contributed by atoms with Gasteiger partial charge in [-0.2, -0.15) is 9.97 Å². The monoisotopic (exact) mass is 210 g/mol. The van der Waals surface area contributed by atoms with Crippen LogP contribution in [-0.4, -0.2) is 34.6 Å². The molecule has 0 aliphatic rings. The van der Waals surface area contributed by atoms with E-state index >= 15 is 0 Å². The Morgan fingerprint density at radius 3 is 1.93 bits per heavy atom. The Kier molecular flexibility index (Phi) is 3.57. The van der Waals surface area contributed by atoms with Crippen LogP contribution in [0.4, 0.5) is 11.9 Å². The maximum absolute atomic E-state index is 5.65. The highest BCUT2D eigenvalue weighted by Gasteiger charge is 2.28. The Morgan fingerprint density at radius 1 is 1.00 bits per heavy atom. The van der Waals surface area contributed by atoms with Crippen molar-refractivity contribution in [1.82, 2.24) is 19.4 Å². The molecule has 1 heterocycles. The highest BCUT2D eigenvalue weighted by molar-refractivity contribution is 5.30. The Balaban J connectivity index is 3.22. The van der Waals surface area contributed by atoms with Crippen molar-refractivity contribution >= 4 is 11.9 Å². The van der Waals surface area contributed by atoms with Gasteiger partial charge in [-0.25, -0.2) is 0 Å². The second-order valence-electron chi connectivity index (χ2n) is 3.63. The molecule has 0 fully saturated rings. The highest BCUT2D eigenvalue weighted by atomic mass is 15.4. The van der Waals surface area contributed by atoms with Crippen LogP contribution in [0, 0.1) is 6.92 Å². The minimum absolute atomic E-state index is 0.315. The molecule has 0 aromatic carbocycles. The molecule has 1 rings (SSSR count). The van der Waals surface area contributed by atoms with Crippen molar-refractivity contribution in [2.45, 2.75) is 27.7 Å². The molecule has 0 atom stereocenters. The van der Waals surface area contributed by atoms with Crippen LogP contribution in [0.2, 0.25) is 0 Å². The van der Waals surface area contributed by atoms with Crippen molar-refractivity contribution in [1.29, 1.82) is 0 Å². The first-order valence-electron chi connectivity index (χ1n) is 5.42. The molecule has 84 valence electrons. The Labute approximate surface area is 91.0 Å². The zero-order valence-electron chi connectivity index (χ0n) is 9.99. The summed E-state index contributed by atoms with van der Waals surface area (Å²) in [4.78, 5) is 12.6. The smallest absolute Gasteiger partial charge is 0.333 e. The molecule has 0 aliphatic heterocycles. The number of quaternary nitrogens is 1. The third-order valence-electron chi connectivity index (χ3n) is 2.99. The van der Waals surface area contributed by atoms with Gasteiger partial charge in [-0.15, -0.1) is 4.98 Å². The number of aromatic nitrogens is 3. The van der Waals surface area contributed by atoms with E-state index in [0.717, 1.165) is 30.1 Å². The zero-order valence-corrected chi connectivity index (χ0v) is 9.99. The summed E-state index contributed by atoms with van der Waals surface area (Å²) in [5.74, 6) is 1.79. The number of hydrogen-bond donors (Lipinski definition) is 1. The Hall–Kier alpha value is -1.23. The summed E-state index contributed by atoms with van der Waals surface area (Å²) in [7, 11) is 0. The molecule has 0 spiro atoms. The van der Waals surface area contributed by atoms with Crippen LogP contribution in [-0.2, 0) is 0 Å². The second kappa shape index (κ2) is 4.53. The van der Waals surface area contributed by atoms with Gasteiger partial charge in [0.2, 0.25) is 5.95 Å². The van der Waals surface area contributed by atoms with Crippen LogP contribution in [0.3, 0.4) is 0 Å². The van der Waals surface area contributed by atoms with E-state index in [4.69, 9.17) is 5.73 Å². The van der Waals surface area contributed by atoms with E-state index in [0.29, 0.717) is 11.8 Å². The van der Waals surface area contributed by atoms with Crippen molar-refractivity contribution in [2.75, 3.05) is 25.4 Å². The number of aryl methyl sites for hydroxylation is 1. The Morgan fingerprint density at radius 2 is 1.53 bits per heavy atom. The molecule has 0 amide bonds. The molecule has 0 radical (unpaired) electrons. The number of nitrogen functional groups attached to an aromatic ring is 1. The Bertz CT molecular complexity index is 304. The van der Waals surface area contributed by atoms with Crippen LogP contribution >= 0.6 is 0 Å². The van der Waals surface area contributed by atoms with Crippen molar-refractivity contribution < 1.29 is 0 Å². The summed E-state index contributed by atoms with van der Waals surface area (Å²) in [5, 5.41) is 0. The third kappa shape index (κ3) is 2.23. The fourth-order valence-electron chi connectivity index (χ4n) is 1.80. The van der Waals surface area contributed by atoms with Crippen LogP contribution in [0.5, 0.6) is 0 Å². The van der Waals surface area contributed by atoms with Crippen molar-refractivity contribution in [3.05, 3.63) is 5.82 Å². The van der Waals surface area contributed by atoms with Crippen molar-refractivity contribution in [3.63, 3.8) is 0 Å². The number of nitrogens with two attached hydrogens (primary N) is 1. The van der Waals surface area contributed by atoms with Crippen molar-refractivity contribution in [2.24, 2.45) is 0 Å². The van der Waals surface area contributed by atoms with E-state index in [1.807, 2.05) is 6.92 Å². The van der Waals surface area contributed by atoms with Crippen LogP contribution in [0.1, 0.15) is 26.6 Å². The van der Waals surface area contributed by atoms with Gasteiger partial charge >= 0.3 is 5.95 Å². The normalized spacial score (nSPS) is 11.7. The molecule has 0 unspecified atom stereocenters. The summed E-state index contributed by atoms with van der Waals surface area (Å²) >= 11 is 0.